The zero-order valence-corrected chi connectivity index (χ0v) is 13.6. The molecule has 1 aromatic carbocycles. The average molecular weight is 284 g/mol. The van der Waals surface area contributed by atoms with Crippen molar-refractivity contribution < 1.29 is 0 Å². The Morgan fingerprint density at radius 3 is 2.29 bits per heavy atom. The maximum Gasteiger partial charge on any atom is 0.229 e. The van der Waals surface area contributed by atoms with Gasteiger partial charge in [0, 0.05) is 30.5 Å². The smallest absolute Gasteiger partial charge is 0.229 e. The molecule has 4 heteroatoms. The van der Waals surface area contributed by atoms with Crippen molar-refractivity contribution in [3.05, 3.63) is 41.1 Å². The summed E-state index contributed by atoms with van der Waals surface area (Å²) < 4.78 is 0. The molecule has 0 atom stereocenters. The number of aryl methyl sites for hydroxylation is 3. The van der Waals surface area contributed by atoms with Crippen molar-refractivity contribution in [1.29, 1.82) is 0 Å². The molecule has 112 valence electrons. The second-order valence-electron chi connectivity index (χ2n) is 5.29. The summed E-state index contributed by atoms with van der Waals surface area (Å²) in [5, 5.41) is 3.31. The van der Waals surface area contributed by atoms with Crippen molar-refractivity contribution in [3.63, 3.8) is 0 Å². The van der Waals surface area contributed by atoms with Crippen LogP contribution in [0.25, 0.3) is 0 Å². The first-order valence-corrected chi connectivity index (χ1v) is 7.48. The van der Waals surface area contributed by atoms with Crippen LogP contribution in [0.1, 0.15) is 30.7 Å². The van der Waals surface area contributed by atoms with E-state index < -0.39 is 0 Å². The number of benzene rings is 1. The molecule has 0 amide bonds. The van der Waals surface area contributed by atoms with Gasteiger partial charge in [0.15, 0.2) is 0 Å². The molecule has 2 aromatic rings. The molecule has 4 nitrogen and oxygen atoms in total. The van der Waals surface area contributed by atoms with Gasteiger partial charge in [-0.2, -0.15) is 4.98 Å². The molecule has 1 heterocycles. The SMILES string of the molecule is CCN(CC)c1cc(C)nc(Nc2ccc(C)c(C)c2)n1. The lowest BCUT2D eigenvalue weighted by Crippen LogP contribution is -2.23. The number of rotatable bonds is 5. The minimum atomic E-state index is 0.653. The second-order valence-corrected chi connectivity index (χ2v) is 5.29. The van der Waals surface area contributed by atoms with Gasteiger partial charge in [-0.1, -0.05) is 6.07 Å². The molecule has 0 fully saturated rings. The van der Waals surface area contributed by atoms with Crippen molar-refractivity contribution >= 4 is 17.5 Å². The van der Waals surface area contributed by atoms with E-state index in [1.165, 1.54) is 11.1 Å². The van der Waals surface area contributed by atoms with Crippen molar-refractivity contribution in [2.24, 2.45) is 0 Å². The van der Waals surface area contributed by atoms with Crippen LogP contribution in [-0.2, 0) is 0 Å². The average Bonchev–Trinajstić information content (AvgIpc) is 2.44. The third-order valence-corrected chi connectivity index (χ3v) is 3.69. The number of hydrogen-bond acceptors (Lipinski definition) is 4. The fourth-order valence-corrected chi connectivity index (χ4v) is 2.27. The minimum Gasteiger partial charge on any atom is -0.357 e. The highest BCUT2D eigenvalue weighted by Crippen LogP contribution is 2.20. The van der Waals surface area contributed by atoms with Crippen LogP contribution in [0.5, 0.6) is 0 Å². The molecule has 0 aliphatic rings. The highest BCUT2D eigenvalue weighted by molar-refractivity contribution is 5.57. The van der Waals surface area contributed by atoms with E-state index in [-0.39, 0.29) is 0 Å². The third kappa shape index (κ3) is 3.72. The number of nitrogens with zero attached hydrogens (tertiary/aromatic N) is 3. The minimum absolute atomic E-state index is 0.653. The van der Waals surface area contributed by atoms with Crippen LogP contribution in [0.3, 0.4) is 0 Å². The molecule has 0 aliphatic carbocycles. The van der Waals surface area contributed by atoms with Gasteiger partial charge in [-0.15, -0.1) is 0 Å². The van der Waals surface area contributed by atoms with Gasteiger partial charge >= 0.3 is 0 Å². The predicted molar refractivity (Wildman–Crippen MR) is 89.5 cm³/mol. The van der Waals surface area contributed by atoms with Crippen molar-refractivity contribution in [3.8, 4) is 0 Å². The molecule has 21 heavy (non-hydrogen) atoms. The zero-order chi connectivity index (χ0) is 15.4. The molecular formula is C17H24N4. The van der Waals surface area contributed by atoms with E-state index in [4.69, 9.17) is 0 Å². The summed E-state index contributed by atoms with van der Waals surface area (Å²) in [4.78, 5) is 11.3. The summed E-state index contributed by atoms with van der Waals surface area (Å²) in [5.41, 5.74) is 4.54. The van der Waals surface area contributed by atoms with E-state index in [0.717, 1.165) is 30.3 Å². The van der Waals surface area contributed by atoms with Crippen LogP contribution in [0.2, 0.25) is 0 Å². The highest BCUT2D eigenvalue weighted by Gasteiger charge is 2.08. The highest BCUT2D eigenvalue weighted by atomic mass is 15.2. The van der Waals surface area contributed by atoms with E-state index >= 15 is 0 Å². The Labute approximate surface area is 127 Å². The Kier molecular flexibility index (Phi) is 4.78. The number of anilines is 3. The maximum absolute atomic E-state index is 4.63. The van der Waals surface area contributed by atoms with Crippen molar-refractivity contribution in [2.45, 2.75) is 34.6 Å². The van der Waals surface area contributed by atoms with E-state index in [9.17, 15) is 0 Å². The Bertz CT molecular complexity index is 618. The molecule has 2 rings (SSSR count). The molecule has 0 aliphatic heterocycles. The summed E-state index contributed by atoms with van der Waals surface area (Å²) >= 11 is 0. The first-order chi connectivity index (χ1) is 10.0. The summed E-state index contributed by atoms with van der Waals surface area (Å²) in [6.45, 7) is 12.4. The van der Waals surface area contributed by atoms with E-state index in [0.29, 0.717) is 5.95 Å². The fourth-order valence-electron chi connectivity index (χ4n) is 2.27. The van der Waals surface area contributed by atoms with Gasteiger partial charge in [-0.25, -0.2) is 4.98 Å². The van der Waals surface area contributed by atoms with E-state index in [2.05, 4.69) is 66.1 Å². The second kappa shape index (κ2) is 6.57. The maximum atomic E-state index is 4.63. The van der Waals surface area contributed by atoms with Gasteiger partial charge in [-0.05, 0) is 57.9 Å². The van der Waals surface area contributed by atoms with Crippen LogP contribution in [0.15, 0.2) is 24.3 Å². The topological polar surface area (TPSA) is 41.1 Å². The Hall–Kier alpha value is -2.10. The monoisotopic (exact) mass is 284 g/mol. The standard InChI is InChI=1S/C17H24N4/c1-6-21(7-2)16-11-14(5)18-17(20-16)19-15-9-8-12(3)13(4)10-15/h8-11H,6-7H2,1-5H3,(H,18,19,20). The number of hydrogen-bond donors (Lipinski definition) is 1. The normalized spacial score (nSPS) is 10.5. The predicted octanol–water partition coefficient (Wildman–Crippen LogP) is 3.99. The first-order valence-electron chi connectivity index (χ1n) is 7.48. The Morgan fingerprint density at radius 1 is 0.952 bits per heavy atom. The largest absolute Gasteiger partial charge is 0.357 e. The fraction of sp³-hybridized carbons (Fsp3) is 0.412. The molecule has 1 N–H and O–H groups in total. The van der Waals surface area contributed by atoms with Gasteiger partial charge in [0.2, 0.25) is 5.95 Å². The molecule has 0 spiro atoms. The number of nitrogens with one attached hydrogen (secondary N) is 1. The van der Waals surface area contributed by atoms with Gasteiger partial charge in [0.05, 0.1) is 0 Å². The lowest BCUT2D eigenvalue weighted by atomic mass is 10.1. The Balaban J connectivity index is 2.29. The molecule has 0 unspecified atom stereocenters. The molecular weight excluding hydrogens is 260 g/mol. The van der Waals surface area contributed by atoms with Gasteiger partial charge in [-0.3, -0.25) is 0 Å². The van der Waals surface area contributed by atoms with Crippen LogP contribution >= 0.6 is 0 Å². The summed E-state index contributed by atoms with van der Waals surface area (Å²) in [6, 6.07) is 8.32. The molecule has 1 aromatic heterocycles. The lowest BCUT2D eigenvalue weighted by Gasteiger charge is -2.20. The van der Waals surface area contributed by atoms with Crippen LogP contribution in [-0.4, -0.2) is 23.1 Å². The summed E-state index contributed by atoms with van der Waals surface area (Å²) in [7, 11) is 0. The van der Waals surface area contributed by atoms with Gasteiger partial charge in [0.1, 0.15) is 5.82 Å². The van der Waals surface area contributed by atoms with Gasteiger partial charge < -0.3 is 10.2 Å². The van der Waals surface area contributed by atoms with Crippen LogP contribution in [0.4, 0.5) is 17.5 Å². The molecule has 0 saturated carbocycles. The molecule has 0 radical (unpaired) electrons. The summed E-state index contributed by atoms with van der Waals surface area (Å²) in [5.74, 6) is 1.62. The van der Waals surface area contributed by atoms with Crippen molar-refractivity contribution in [1.82, 2.24) is 9.97 Å². The lowest BCUT2D eigenvalue weighted by molar-refractivity contribution is 0.840. The van der Waals surface area contributed by atoms with Gasteiger partial charge in [0.25, 0.3) is 0 Å². The third-order valence-electron chi connectivity index (χ3n) is 3.69. The van der Waals surface area contributed by atoms with Crippen molar-refractivity contribution in [2.75, 3.05) is 23.3 Å². The van der Waals surface area contributed by atoms with E-state index in [1.807, 2.05) is 13.0 Å². The molecule has 0 saturated heterocycles. The van der Waals surface area contributed by atoms with Crippen LogP contribution in [0, 0.1) is 20.8 Å². The Morgan fingerprint density at radius 2 is 1.67 bits per heavy atom. The van der Waals surface area contributed by atoms with Crippen LogP contribution < -0.4 is 10.2 Å². The number of aromatic nitrogens is 2. The molecule has 0 bridgehead atoms. The first kappa shape index (κ1) is 15.3. The zero-order valence-electron chi connectivity index (χ0n) is 13.6. The van der Waals surface area contributed by atoms with E-state index in [1.54, 1.807) is 0 Å². The summed E-state index contributed by atoms with van der Waals surface area (Å²) in [6.07, 6.45) is 0. The quantitative estimate of drug-likeness (QED) is 0.901.